The van der Waals surface area contributed by atoms with Gasteiger partial charge >= 0.3 is 0 Å². The van der Waals surface area contributed by atoms with E-state index in [9.17, 15) is 9.90 Å². The van der Waals surface area contributed by atoms with Gasteiger partial charge in [-0.15, -0.1) is 10.2 Å². The Morgan fingerprint density at radius 1 is 1.17 bits per heavy atom. The van der Waals surface area contributed by atoms with E-state index in [1.807, 2.05) is 37.3 Å². The van der Waals surface area contributed by atoms with Gasteiger partial charge < -0.3 is 14.4 Å². The van der Waals surface area contributed by atoms with Crippen LogP contribution in [0.15, 0.2) is 57.3 Å². The number of carbonyl (C=O) groups is 1. The number of aryl methyl sites for hydroxylation is 1. The zero-order chi connectivity index (χ0) is 20.4. The number of hydrogen-bond acceptors (Lipinski definition) is 7. The maximum atomic E-state index is 13.2. The summed E-state index contributed by atoms with van der Waals surface area (Å²) in [5, 5.41) is 20.0. The van der Waals surface area contributed by atoms with Gasteiger partial charge in [-0.3, -0.25) is 4.79 Å². The molecular weight excluding hydrogens is 406 g/mol. The van der Waals surface area contributed by atoms with Crippen molar-refractivity contribution in [2.75, 3.05) is 7.05 Å². The zero-order valence-corrected chi connectivity index (χ0v) is 17.6. The minimum Gasteiger partial charge on any atom is -0.508 e. The van der Waals surface area contributed by atoms with Crippen LogP contribution in [0.2, 0.25) is 0 Å². The van der Waals surface area contributed by atoms with Gasteiger partial charge in [0.15, 0.2) is 10.1 Å². The van der Waals surface area contributed by atoms with Crippen molar-refractivity contribution < 1.29 is 14.3 Å². The van der Waals surface area contributed by atoms with E-state index in [2.05, 4.69) is 10.2 Å². The van der Waals surface area contributed by atoms with Crippen LogP contribution in [0, 0.1) is 6.92 Å². The van der Waals surface area contributed by atoms with Gasteiger partial charge in [0.1, 0.15) is 16.3 Å². The normalized spacial score (nSPS) is 11.1. The average Bonchev–Trinajstić information content (AvgIpc) is 3.30. The number of aromatic nitrogens is 2. The summed E-state index contributed by atoms with van der Waals surface area (Å²) < 4.78 is 6.80. The molecule has 6 nitrogen and oxygen atoms in total. The molecule has 0 atom stereocenters. The van der Waals surface area contributed by atoms with Crippen molar-refractivity contribution in [1.29, 1.82) is 0 Å². The first-order valence-electron chi connectivity index (χ1n) is 8.98. The highest BCUT2D eigenvalue weighted by atomic mass is 32.2. The van der Waals surface area contributed by atoms with Crippen molar-refractivity contribution in [2.45, 2.75) is 23.6 Å². The van der Waals surface area contributed by atoms with Gasteiger partial charge in [-0.2, -0.15) is 0 Å². The molecule has 1 amide bonds. The molecule has 2 aromatic heterocycles. The Hall–Kier alpha value is -2.84. The summed E-state index contributed by atoms with van der Waals surface area (Å²) in [6.07, 6.45) is 0. The molecule has 29 heavy (non-hydrogen) atoms. The number of fused-ring (bicyclic) bond motifs is 1. The highest BCUT2D eigenvalue weighted by Gasteiger charge is 2.24. The number of phenols is 1. The Morgan fingerprint density at radius 2 is 1.93 bits per heavy atom. The SMILES string of the molecule is Cc1nnc(SCc2c(C(=O)N(C)Cc3ccccc3O)oc3ccccc23)s1. The lowest BCUT2D eigenvalue weighted by Crippen LogP contribution is -2.26. The van der Waals surface area contributed by atoms with Crippen molar-refractivity contribution in [3.05, 3.63) is 70.4 Å². The first-order chi connectivity index (χ1) is 14.0. The minimum absolute atomic E-state index is 0.166. The summed E-state index contributed by atoms with van der Waals surface area (Å²) in [6, 6.07) is 14.6. The fraction of sp³-hybridized carbons (Fsp3) is 0.190. The molecule has 1 N–H and O–H groups in total. The predicted octanol–water partition coefficient (Wildman–Crippen LogP) is 4.86. The monoisotopic (exact) mass is 425 g/mol. The topological polar surface area (TPSA) is 79.5 Å². The van der Waals surface area contributed by atoms with Gasteiger partial charge in [0.2, 0.25) is 0 Å². The third-order valence-corrected chi connectivity index (χ3v) is 6.48. The van der Waals surface area contributed by atoms with Crippen LogP contribution in [0.25, 0.3) is 11.0 Å². The van der Waals surface area contributed by atoms with Crippen molar-refractivity contribution in [1.82, 2.24) is 15.1 Å². The van der Waals surface area contributed by atoms with Gasteiger partial charge in [0, 0.05) is 35.9 Å². The van der Waals surface area contributed by atoms with E-state index in [4.69, 9.17) is 4.42 Å². The van der Waals surface area contributed by atoms with E-state index in [0.29, 0.717) is 22.7 Å². The Labute approximate surface area is 176 Å². The van der Waals surface area contributed by atoms with Crippen LogP contribution in [0.1, 0.15) is 26.7 Å². The minimum atomic E-state index is -0.228. The van der Waals surface area contributed by atoms with Crippen molar-refractivity contribution in [2.24, 2.45) is 0 Å². The fourth-order valence-electron chi connectivity index (χ4n) is 3.03. The van der Waals surface area contributed by atoms with Crippen molar-refractivity contribution in [3.63, 3.8) is 0 Å². The van der Waals surface area contributed by atoms with E-state index in [0.717, 1.165) is 20.3 Å². The zero-order valence-electron chi connectivity index (χ0n) is 16.0. The lowest BCUT2D eigenvalue weighted by Gasteiger charge is -2.17. The molecule has 0 saturated heterocycles. The molecule has 0 fully saturated rings. The molecular formula is C21H19N3O3S2. The van der Waals surface area contributed by atoms with Crippen molar-refractivity contribution >= 4 is 40.0 Å². The van der Waals surface area contributed by atoms with Crippen LogP contribution in [0.3, 0.4) is 0 Å². The van der Waals surface area contributed by atoms with E-state index < -0.39 is 0 Å². The lowest BCUT2D eigenvalue weighted by molar-refractivity contribution is 0.0754. The van der Waals surface area contributed by atoms with E-state index in [1.165, 1.54) is 23.1 Å². The number of aromatic hydroxyl groups is 1. The fourth-order valence-corrected chi connectivity index (χ4v) is 4.87. The number of thioether (sulfide) groups is 1. The second-order valence-electron chi connectivity index (χ2n) is 6.57. The first kappa shape index (κ1) is 19.5. The van der Waals surface area contributed by atoms with Gasteiger partial charge in [-0.1, -0.05) is 59.5 Å². The third kappa shape index (κ3) is 4.13. The number of hydrogen-bond donors (Lipinski definition) is 1. The van der Waals surface area contributed by atoms with Crippen LogP contribution in [0.5, 0.6) is 5.75 Å². The van der Waals surface area contributed by atoms with Crippen LogP contribution in [0.4, 0.5) is 0 Å². The van der Waals surface area contributed by atoms with Crippen LogP contribution < -0.4 is 0 Å². The summed E-state index contributed by atoms with van der Waals surface area (Å²) >= 11 is 3.06. The maximum absolute atomic E-state index is 13.2. The van der Waals surface area contributed by atoms with Gasteiger partial charge in [0.25, 0.3) is 5.91 Å². The number of furan rings is 1. The Balaban J connectivity index is 1.63. The molecule has 2 aromatic carbocycles. The number of carbonyl (C=O) groups excluding carboxylic acids is 1. The number of para-hydroxylation sites is 2. The lowest BCUT2D eigenvalue weighted by atomic mass is 10.1. The van der Waals surface area contributed by atoms with Gasteiger partial charge in [-0.05, 0) is 19.1 Å². The van der Waals surface area contributed by atoms with Crippen LogP contribution >= 0.6 is 23.1 Å². The third-order valence-electron chi connectivity index (χ3n) is 4.49. The molecule has 4 aromatic rings. The standard InChI is InChI=1S/C21H19N3O3S2/c1-13-22-23-21(29-13)28-12-16-15-8-4-6-10-18(15)27-19(16)20(26)24(2)11-14-7-3-5-9-17(14)25/h3-10,25H,11-12H2,1-2H3. The molecule has 0 saturated carbocycles. The van der Waals surface area contributed by atoms with Crippen LogP contribution in [-0.4, -0.2) is 33.2 Å². The highest BCUT2D eigenvalue weighted by molar-refractivity contribution is 8.00. The quantitative estimate of drug-likeness (QED) is 0.444. The summed E-state index contributed by atoms with van der Waals surface area (Å²) in [5.74, 6) is 0.808. The second-order valence-corrected chi connectivity index (χ2v) is 8.98. The molecule has 0 bridgehead atoms. The van der Waals surface area contributed by atoms with Gasteiger partial charge in [0.05, 0.1) is 0 Å². The largest absolute Gasteiger partial charge is 0.508 e. The van der Waals surface area contributed by atoms with Gasteiger partial charge in [-0.25, -0.2) is 0 Å². The molecule has 0 aliphatic rings. The second kappa shape index (κ2) is 8.26. The summed E-state index contributed by atoms with van der Waals surface area (Å²) in [4.78, 5) is 14.7. The molecule has 4 rings (SSSR count). The van der Waals surface area contributed by atoms with E-state index in [1.54, 1.807) is 30.1 Å². The number of phenolic OH excluding ortho intramolecular Hbond substituents is 1. The number of benzene rings is 2. The summed E-state index contributed by atoms with van der Waals surface area (Å²) in [7, 11) is 1.70. The molecule has 0 spiro atoms. The highest BCUT2D eigenvalue weighted by Crippen LogP contribution is 2.34. The molecule has 8 heteroatoms. The summed E-state index contributed by atoms with van der Waals surface area (Å²) in [5.41, 5.74) is 2.20. The van der Waals surface area contributed by atoms with Crippen LogP contribution in [-0.2, 0) is 12.3 Å². The van der Waals surface area contributed by atoms with E-state index in [-0.39, 0.29) is 18.2 Å². The molecule has 0 aliphatic heterocycles. The Kier molecular flexibility index (Phi) is 5.55. The number of amides is 1. The Morgan fingerprint density at radius 3 is 2.69 bits per heavy atom. The predicted molar refractivity (Wildman–Crippen MR) is 114 cm³/mol. The first-order valence-corrected chi connectivity index (χ1v) is 10.8. The number of nitrogens with zero attached hydrogens (tertiary/aromatic N) is 3. The smallest absolute Gasteiger partial charge is 0.289 e. The van der Waals surface area contributed by atoms with Crippen molar-refractivity contribution in [3.8, 4) is 5.75 Å². The maximum Gasteiger partial charge on any atom is 0.289 e. The molecule has 0 radical (unpaired) electrons. The number of rotatable bonds is 6. The Bertz CT molecular complexity index is 1170. The average molecular weight is 426 g/mol. The van der Waals surface area contributed by atoms with E-state index >= 15 is 0 Å². The molecule has 2 heterocycles. The molecule has 148 valence electrons. The summed E-state index contributed by atoms with van der Waals surface area (Å²) in [6.45, 7) is 2.20. The molecule has 0 aliphatic carbocycles. The molecule has 0 unspecified atom stereocenters.